The van der Waals surface area contributed by atoms with Gasteiger partial charge in [-0.15, -0.1) is 0 Å². The average molecular weight is 179 g/mol. The van der Waals surface area contributed by atoms with Crippen LogP contribution in [0.1, 0.15) is 13.8 Å². The van der Waals surface area contributed by atoms with Crippen LogP contribution in [0.15, 0.2) is 0 Å². The molecule has 0 spiro atoms. The van der Waals surface area contributed by atoms with Crippen LogP contribution >= 0.6 is 11.6 Å². The molecule has 0 aliphatic carbocycles. The minimum atomic E-state index is -0.494. The van der Waals surface area contributed by atoms with E-state index in [-0.39, 0.29) is 17.8 Å². The fourth-order valence-corrected chi connectivity index (χ4v) is 1.78. The van der Waals surface area contributed by atoms with Gasteiger partial charge in [0.15, 0.2) is 11.4 Å². The van der Waals surface area contributed by atoms with E-state index < -0.39 is 5.79 Å². The van der Waals surface area contributed by atoms with Crippen LogP contribution in [0, 0.1) is 0 Å². The first-order valence-corrected chi connectivity index (χ1v) is 4.13. The Morgan fingerprint density at radius 3 is 2.73 bits per heavy atom. The number of halogens is 1. The molecule has 3 atom stereocenters. The van der Waals surface area contributed by atoms with Gasteiger partial charge in [-0.3, -0.25) is 0 Å². The number of hydrogen-bond acceptors (Lipinski definition) is 3. The fraction of sp³-hybridized carbons (Fsp3) is 1.00. The molecule has 2 aliphatic rings. The molecule has 2 aliphatic heterocycles. The van der Waals surface area contributed by atoms with Crippen LogP contribution in [0.3, 0.4) is 0 Å². The molecular weight excluding hydrogens is 168 g/mol. The van der Waals surface area contributed by atoms with Gasteiger partial charge >= 0.3 is 0 Å². The first-order chi connectivity index (χ1) is 5.08. The molecule has 0 N–H and O–H groups in total. The molecular formula is C7H11ClO3. The summed E-state index contributed by atoms with van der Waals surface area (Å²) in [6.07, 6.45) is -0.0702. The van der Waals surface area contributed by atoms with E-state index in [1.165, 1.54) is 0 Å². The summed E-state index contributed by atoms with van der Waals surface area (Å²) in [5.74, 6) is -0.494. The summed E-state index contributed by atoms with van der Waals surface area (Å²) >= 11 is 5.81. The molecule has 3 unspecified atom stereocenters. The van der Waals surface area contributed by atoms with Gasteiger partial charge in [-0.2, -0.15) is 0 Å². The molecule has 0 aromatic rings. The van der Waals surface area contributed by atoms with Crippen molar-refractivity contribution in [3.05, 3.63) is 0 Å². The number of ether oxygens (including phenoxy) is 3. The summed E-state index contributed by atoms with van der Waals surface area (Å²) in [4.78, 5) is 0. The smallest absolute Gasteiger partial charge is 0.164 e. The second-order valence-electron chi connectivity index (χ2n) is 3.32. The van der Waals surface area contributed by atoms with Gasteiger partial charge in [-0.1, -0.05) is 11.6 Å². The molecule has 2 rings (SSSR count). The molecule has 3 nitrogen and oxygen atoms in total. The number of alkyl halides is 1. The molecule has 0 aromatic carbocycles. The SMILES string of the molecule is CC1(C)OC2COC(Cl)C2O1. The van der Waals surface area contributed by atoms with Gasteiger partial charge in [0, 0.05) is 0 Å². The lowest BCUT2D eigenvalue weighted by molar-refractivity contribution is -0.168. The minimum absolute atomic E-state index is 0.0208. The zero-order valence-electron chi connectivity index (χ0n) is 6.54. The summed E-state index contributed by atoms with van der Waals surface area (Å²) in [5.41, 5.74) is -0.346. The zero-order valence-corrected chi connectivity index (χ0v) is 7.30. The third-order valence-corrected chi connectivity index (χ3v) is 2.27. The molecule has 0 bridgehead atoms. The van der Waals surface area contributed by atoms with Crippen LogP contribution in [-0.4, -0.2) is 30.2 Å². The molecule has 2 heterocycles. The largest absolute Gasteiger partial charge is 0.357 e. The first kappa shape index (κ1) is 7.80. The molecule has 0 saturated carbocycles. The van der Waals surface area contributed by atoms with E-state index in [0.717, 1.165) is 0 Å². The third kappa shape index (κ3) is 1.26. The molecule has 0 amide bonds. The summed E-state index contributed by atoms with van der Waals surface area (Å²) in [7, 11) is 0. The normalized spacial score (nSPS) is 47.7. The van der Waals surface area contributed by atoms with Crippen molar-refractivity contribution in [2.75, 3.05) is 6.61 Å². The Hall–Kier alpha value is 0.170. The zero-order chi connectivity index (χ0) is 8.06. The second-order valence-corrected chi connectivity index (χ2v) is 3.75. The molecule has 0 aromatic heterocycles. The minimum Gasteiger partial charge on any atom is -0.357 e. The second kappa shape index (κ2) is 2.33. The molecule has 0 radical (unpaired) electrons. The van der Waals surface area contributed by atoms with Crippen LogP contribution < -0.4 is 0 Å². The summed E-state index contributed by atoms with van der Waals surface area (Å²) in [6.45, 7) is 4.31. The Labute approximate surface area is 70.6 Å². The molecule has 2 fully saturated rings. The molecule has 4 heteroatoms. The Morgan fingerprint density at radius 1 is 1.36 bits per heavy atom. The Balaban J connectivity index is 2.10. The average Bonchev–Trinajstić information content (AvgIpc) is 2.31. The van der Waals surface area contributed by atoms with Gasteiger partial charge < -0.3 is 14.2 Å². The van der Waals surface area contributed by atoms with E-state index in [4.69, 9.17) is 25.8 Å². The van der Waals surface area contributed by atoms with Crippen molar-refractivity contribution in [3.8, 4) is 0 Å². The topological polar surface area (TPSA) is 27.7 Å². The quantitative estimate of drug-likeness (QED) is 0.520. The summed E-state index contributed by atoms with van der Waals surface area (Å²) in [5, 5.41) is 0. The summed E-state index contributed by atoms with van der Waals surface area (Å²) < 4.78 is 16.1. The highest BCUT2D eigenvalue weighted by molar-refractivity contribution is 6.20. The van der Waals surface area contributed by atoms with Gasteiger partial charge in [-0.25, -0.2) is 0 Å². The van der Waals surface area contributed by atoms with E-state index in [9.17, 15) is 0 Å². The number of rotatable bonds is 0. The maximum atomic E-state index is 5.81. The highest BCUT2D eigenvalue weighted by atomic mass is 35.5. The van der Waals surface area contributed by atoms with Crippen molar-refractivity contribution in [2.24, 2.45) is 0 Å². The van der Waals surface area contributed by atoms with Gasteiger partial charge in [0.05, 0.1) is 6.61 Å². The van der Waals surface area contributed by atoms with Crippen molar-refractivity contribution in [1.29, 1.82) is 0 Å². The maximum Gasteiger partial charge on any atom is 0.164 e. The highest BCUT2D eigenvalue weighted by Gasteiger charge is 2.49. The Bertz CT molecular complexity index is 171. The van der Waals surface area contributed by atoms with E-state index in [2.05, 4.69) is 0 Å². The van der Waals surface area contributed by atoms with E-state index in [0.29, 0.717) is 6.61 Å². The van der Waals surface area contributed by atoms with Crippen LogP contribution in [0.25, 0.3) is 0 Å². The third-order valence-electron chi connectivity index (χ3n) is 1.90. The first-order valence-electron chi connectivity index (χ1n) is 3.70. The summed E-state index contributed by atoms with van der Waals surface area (Å²) in [6, 6.07) is 0. The monoisotopic (exact) mass is 178 g/mol. The lowest BCUT2D eigenvalue weighted by Crippen LogP contribution is -2.25. The maximum absolute atomic E-state index is 5.81. The van der Waals surface area contributed by atoms with E-state index in [1.54, 1.807) is 0 Å². The lowest BCUT2D eigenvalue weighted by Gasteiger charge is -2.19. The van der Waals surface area contributed by atoms with Crippen molar-refractivity contribution in [3.63, 3.8) is 0 Å². The number of hydrogen-bond donors (Lipinski definition) is 0. The predicted molar refractivity (Wildman–Crippen MR) is 39.4 cm³/mol. The molecule has 11 heavy (non-hydrogen) atoms. The van der Waals surface area contributed by atoms with E-state index >= 15 is 0 Å². The fourth-order valence-electron chi connectivity index (χ4n) is 1.50. The lowest BCUT2D eigenvalue weighted by atomic mass is 10.3. The van der Waals surface area contributed by atoms with Crippen LogP contribution in [0.4, 0.5) is 0 Å². The predicted octanol–water partition coefficient (Wildman–Crippen LogP) is 1.10. The number of fused-ring (bicyclic) bond motifs is 1. The molecule has 2 saturated heterocycles. The van der Waals surface area contributed by atoms with Crippen molar-refractivity contribution >= 4 is 11.6 Å². The molecule has 64 valence electrons. The van der Waals surface area contributed by atoms with Crippen LogP contribution in [0.2, 0.25) is 0 Å². The van der Waals surface area contributed by atoms with Crippen molar-refractivity contribution < 1.29 is 14.2 Å². The van der Waals surface area contributed by atoms with Crippen LogP contribution in [-0.2, 0) is 14.2 Å². The van der Waals surface area contributed by atoms with Gasteiger partial charge in [0.25, 0.3) is 0 Å². The highest BCUT2D eigenvalue weighted by Crippen LogP contribution is 2.36. The van der Waals surface area contributed by atoms with Gasteiger partial charge in [0.2, 0.25) is 0 Å². The Kier molecular flexibility index (Phi) is 1.65. The van der Waals surface area contributed by atoms with E-state index in [1.807, 2.05) is 13.8 Å². The standard InChI is InChI=1S/C7H11ClO3/c1-7(2)10-4-3-9-6(8)5(4)11-7/h4-6H,3H2,1-2H3. The van der Waals surface area contributed by atoms with Crippen LogP contribution in [0.5, 0.6) is 0 Å². The van der Waals surface area contributed by atoms with Gasteiger partial charge in [-0.05, 0) is 13.8 Å². The van der Waals surface area contributed by atoms with Crippen molar-refractivity contribution in [1.82, 2.24) is 0 Å². The van der Waals surface area contributed by atoms with Gasteiger partial charge in [0.1, 0.15) is 12.2 Å². The Morgan fingerprint density at radius 2 is 2.09 bits per heavy atom. The van der Waals surface area contributed by atoms with Crippen molar-refractivity contribution in [2.45, 2.75) is 37.4 Å².